The van der Waals surface area contributed by atoms with Crippen LogP contribution < -0.4 is 11.3 Å². The predicted molar refractivity (Wildman–Crippen MR) is 65.2 cm³/mol. The Bertz CT molecular complexity index is 355. The van der Waals surface area contributed by atoms with Crippen molar-refractivity contribution in [3.8, 4) is 0 Å². The van der Waals surface area contributed by atoms with E-state index in [1.165, 1.54) is 6.07 Å². The fourth-order valence-corrected chi connectivity index (χ4v) is 2.00. The van der Waals surface area contributed by atoms with Crippen molar-refractivity contribution >= 4 is 0 Å². The van der Waals surface area contributed by atoms with E-state index in [0.717, 1.165) is 24.5 Å². The molecule has 0 saturated carbocycles. The molecule has 2 unspecified atom stereocenters. The molecule has 0 aliphatic carbocycles. The number of benzene rings is 1. The van der Waals surface area contributed by atoms with Gasteiger partial charge in [-0.3, -0.25) is 11.3 Å². The number of nitrogens with two attached hydrogens (primary N) is 1. The maximum Gasteiger partial charge on any atom is 0.159 e. The summed E-state index contributed by atoms with van der Waals surface area (Å²) in [7, 11) is 0. The van der Waals surface area contributed by atoms with Gasteiger partial charge in [0, 0.05) is 6.04 Å². The maximum absolute atomic E-state index is 13.1. The van der Waals surface area contributed by atoms with Crippen LogP contribution in [0.1, 0.15) is 32.3 Å². The zero-order valence-corrected chi connectivity index (χ0v) is 10.3. The number of nitrogens with one attached hydrogen (secondary N) is 1. The first-order valence-corrected chi connectivity index (χ1v) is 5.98. The van der Waals surface area contributed by atoms with Crippen molar-refractivity contribution in [1.29, 1.82) is 0 Å². The summed E-state index contributed by atoms with van der Waals surface area (Å²) in [5, 5.41) is 0. The number of hydrogen-bond acceptors (Lipinski definition) is 2. The molecule has 1 rings (SSSR count). The highest BCUT2D eigenvalue weighted by molar-refractivity contribution is 5.19. The molecule has 1 aromatic carbocycles. The Kier molecular flexibility index (Phi) is 5.51. The number of rotatable bonds is 6. The standard InChI is InChI=1S/C13H20F2N2/c1-3-4-9(2)13(17-16)8-10-5-6-11(14)12(15)7-10/h5-7,9,13,17H,3-4,8,16H2,1-2H3. The van der Waals surface area contributed by atoms with Crippen molar-refractivity contribution < 1.29 is 8.78 Å². The third-order valence-electron chi connectivity index (χ3n) is 3.08. The Morgan fingerprint density at radius 1 is 1.29 bits per heavy atom. The monoisotopic (exact) mass is 242 g/mol. The van der Waals surface area contributed by atoms with E-state index in [1.807, 2.05) is 0 Å². The quantitative estimate of drug-likeness (QED) is 0.594. The molecule has 2 nitrogen and oxygen atoms in total. The van der Waals surface area contributed by atoms with Gasteiger partial charge in [0.15, 0.2) is 11.6 Å². The first-order chi connectivity index (χ1) is 8.08. The van der Waals surface area contributed by atoms with Gasteiger partial charge in [-0.15, -0.1) is 0 Å². The van der Waals surface area contributed by atoms with Gasteiger partial charge < -0.3 is 0 Å². The van der Waals surface area contributed by atoms with Crippen molar-refractivity contribution in [2.45, 2.75) is 39.2 Å². The Labute approximate surface area is 101 Å². The second-order valence-corrected chi connectivity index (χ2v) is 4.49. The van der Waals surface area contributed by atoms with E-state index < -0.39 is 11.6 Å². The molecule has 96 valence electrons. The van der Waals surface area contributed by atoms with Gasteiger partial charge in [-0.1, -0.05) is 26.3 Å². The van der Waals surface area contributed by atoms with E-state index >= 15 is 0 Å². The summed E-state index contributed by atoms with van der Waals surface area (Å²) in [6, 6.07) is 4.07. The Morgan fingerprint density at radius 2 is 2.00 bits per heavy atom. The molecule has 0 amide bonds. The predicted octanol–water partition coefficient (Wildman–Crippen LogP) is 2.78. The molecule has 0 aliphatic heterocycles. The van der Waals surface area contributed by atoms with Crippen molar-refractivity contribution in [3.63, 3.8) is 0 Å². The highest BCUT2D eigenvalue weighted by atomic mass is 19.2. The van der Waals surface area contributed by atoms with Crippen LogP contribution in [0.15, 0.2) is 18.2 Å². The fourth-order valence-electron chi connectivity index (χ4n) is 2.00. The highest BCUT2D eigenvalue weighted by Gasteiger charge is 2.16. The van der Waals surface area contributed by atoms with Gasteiger partial charge >= 0.3 is 0 Å². The minimum absolute atomic E-state index is 0.0832. The summed E-state index contributed by atoms with van der Waals surface area (Å²) in [6.45, 7) is 4.22. The molecule has 0 aromatic heterocycles. The van der Waals surface area contributed by atoms with Crippen LogP contribution in [0.5, 0.6) is 0 Å². The average molecular weight is 242 g/mol. The number of halogens is 2. The molecular weight excluding hydrogens is 222 g/mol. The molecule has 0 fully saturated rings. The van der Waals surface area contributed by atoms with Crippen LogP contribution in [0, 0.1) is 17.6 Å². The van der Waals surface area contributed by atoms with Gasteiger partial charge in [-0.05, 0) is 36.5 Å². The SMILES string of the molecule is CCCC(C)C(Cc1ccc(F)c(F)c1)NN. The van der Waals surface area contributed by atoms with Gasteiger partial charge in [0.1, 0.15) is 0 Å². The highest BCUT2D eigenvalue weighted by Crippen LogP contribution is 2.16. The van der Waals surface area contributed by atoms with Gasteiger partial charge in [-0.2, -0.15) is 0 Å². The van der Waals surface area contributed by atoms with Crippen LogP contribution in [-0.2, 0) is 6.42 Å². The van der Waals surface area contributed by atoms with Gasteiger partial charge in [0.05, 0.1) is 0 Å². The zero-order chi connectivity index (χ0) is 12.8. The lowest BCUT2D eigenvalue weighted by atomic mass is 9.92. The van der Waals surface area contributed by atoms with E-state index in [0.29, 0.717) is 12.3 Å². The van der Waals surface area contributed by atoms with Crippen molar-refractivity contribution in [3.05, 3.63) is 35.4 Å². The molecule has 17 heavy (non-hydrogen) atoms. The summed E-state index contributed by atoms with van der Waals surface area (Å²) in [6.07, 6.45) is 2.74. The van der Waals surface area contributed by atoms with Crippen molar-refractivity contribution in [2.75, 3.05) is 0 Å². The molecule has 0 heterocycles. The summed E-state index contributed by atoms with van der Waals surface area (Å²) < 4.78 is 25.8. The largest absolute Gasteiger partial charge is 0.271 e. The van der Waals surface area contributed by atoms with E-state index in [2.05, 4.69) is 19.3 Å². The summed E-state index contributed by atoms with van der Waals surface area (Å²) in [5.41, 5.74) is 3.51. The van der Waals surface area contributed by atoms with Crippen LogP contribution in [0.3, 0.4) is 0 Å². The zero-order valence-electron chi connectivity index (χ0n) is 10.3. The fraction of sp³-hybridized carbons (Fsp3) is 0.538. The Balaban J connectivity index is 2.70. The maximum atomic E-state index is 13.1. The van der Waals surface area contributed by atoms with E-state index in [9.17, 15) is 8.78 Å². The normalized spacial score (nSPS) is 14.6. The molecule has 1 aromatic rings. The van der Waals surface area contributed by atoms with Gasteiger partial charge in [0.2, 0.25) is 0 Å². The Morgan fingerprint density at radius 3 is 2.53 bits per heavy atom. The molecule has 0 bridgehead atoms. The molecule has 4 heteroatoms. The first kappa shape index (κ1) is 14.1. The van der Waals surface area contributed by atoms with Crippen LogP contribution in [-0.4, -0.2) is 6.04 Å². The van der Waals surface area contributed by atoms with Crippen LogP contribution in [0.4, 0.5) is 8.78 Å². The molecule has 0 aliphatic rings. The summed E-state index contributed by atoms with van der Waals surface area (Å²) in [4.78, 5) is 0. The first-order valence-electron chi connectivity index (χ1n) is 5.98. The van der Waals surface area contributed by atoms with Crippen molar-refractivity contribution in [2.24, 2.45) is 11.8 Å². The minimum atomic E-state index is -0.812. The molecule has 2 atom stereocenters. The average Bonchev–Trinajstić information content (AvgIpc) is 2.30. The van der Waals surface area contributed by atoms with E-state index in [1.54, 1.807) is 6.07 Å². The second kappa shape index (κ2) is 6.67. The molecular formula is C13H20F2N2. The van der Waals surface area contributed by atoms with Gasteiger partial charge in [0.25, 0.3) is 0 Å². The number of hydrazine groups is 1. The van der Waals surface area contributed by atoms with Crippen molar-refractivity contribution in [1.82, 2.24) is 5.43 Å². The second-order valence-electron chi connectivity index (χ2n) is 4.49. The number of hydrogen-bond donors (Lipinski definition) is 2. The van der Waals surface area contributed by atoms with Crippen LogP contribution in [0.2, 0.25) is 0 Å². The lowest BCUT2D eigenvalue weighted by molar-refractivity contribution is 0.356. The third-order valence-corrected chi connectivity index (χ3v) is 3.08. The topological polar surface area (TPSA) is 38.0 Å². The van der Waals surface area contributed by atoms with Gasteiger partial charge in [-0.25, -0.2) is 8.78 Å². The summed E-state index contributed by atoms with van der Waals surface area (Å²) in [5.74, 6) is 4.29. The molecule has 0 radical (unpaired) electrons. The lowest BCUT2D eigenvalue weighted by Gasteiger charge is -2.23. The van der Waals surface area contributed by atoms with Crippen LogP contribution >= 0.6 is 0 Å². The van der Waals surface area contributed by atoms with E-state index in [4.69, 9.17) is 5.84 Å². The molecule has 3 N–H and O–H groups in total. The minimum Gasteiger partial charge on any atom is -0.271 e. The molecule has 0 spiro atoms. The van der Waals surface area contributed by atoms with Crippen LogP contribution in [0.25, 0.3) is 0 Å². The van der Waals surface area contributed by atoms with E-state index in [-0.39, 0.29) is 6.04 Å². The smallest absolute Gasteiger partial charge is 0.159 e. The Hall–Kier alpha value is -1.00. The lowest BCUT2D eigenvalue weighted by Crippen LogP contribution is -2.41. The third kappa shape index (κ3) is 4.06. The summed E-state index contributed by atoms with van der Waals surface area (Å²) >= 11 is 0. The molecule has 0 saturated heterocycles.